The van der Waals surface area contributed by atoms with E-state index in [1.165, 1.54) is 18.2 Å². The van der Waals surface area contributed by atoms with Crippen molar-refractivity contribution < 1.29 is 20.4 Å². The van der Waals surface area contributed by atoms with Gasteiger partial charge >= 0.3 is 0 Å². The average Bonchev–Trinajstić information content (AvgIpc) is 2.75. The number of hydrogen-bond acceptors (Lipinski definition) is 4. The number of phenols is 4. The van der Waals surface area contributed by atoms with E-state index in [0.29, 0.717) is 5.56 Å². The molecule has 0 aromatic heterocycles. The second-order valence-corrected chi connectivity index (χ2v) is 5.37. The highest BCUT2D eigenvalue weighted by molar-refractivity contribution is 5.58. The molecule has 4 heteroatoms. The first-order chi connectivity index (χ1) is 9.49. The standard InChI is InChI=1S/C16H16O4/c1-8-6-11(9-2-4-12(17)14(19)7-9)15-10(8)3-5-13(18)16(15)20/h2-5,7-8,11,17-20H,6H2,1H3/t8-,11+/m1/s1. The van der Waals surface area contributed by atoms with Crippen LogP contribution in [0.3, 0.4) is 0 Å². The third kappa shape index (κ3) is 1.76. The fourth-order valence-corrected chi connectivity index (χ4v) is 3.07. The minimum atomic E-state index is -0.178. The Bertz CT molecular complexity index is 678. The van der Waals surface area contributed by atoms with Gasteiger partial charge in [0.05, 0.1) is 0 Å². The largest absolute Gasteiger partial charge is 0.504 e. The zero-order valence-electron chi connectivity index (χ0n) is 11.0. The van der Waals surface area contributed by atoms with Crippen LogP contribution in [0.4, 0.5) is 0 Å². The summed E-state index contributed by atoms with van der Waals surface area (Å²) in [4.78, 5) is 0. The number of hydrogen-bond donors (Lipinski definition) is 4. The van der Waals surface area contributed by atoms with E-state index in [2.05, 4.69) is 6.92 Å². The average molecular weight is 272 g/mol. The van der Waals surface area contributed by atoms with Crippen LogP contribution in [0.5, 0.6) is 23.0 Å². The van der Waals surface area contributed by atoms with Gasteiger partial charge in [-0.15, -0.1) is 0 Å². The number of benzene rings is 2. The van der Waals surface area contributed by atoms with Gasteiger partial charge in [0.15, 0.2) is 23.0 Å². The molecule has 4 N–H and O–H groups in total. The van der Waals surface area contributed by atoms with Crippen molar-refractivity contribution in [2.75, 3.05) is 0 Å². The summed E-state index contributed by atoms with van der Waals surface area (Å²) in [7, 11) is 0. The van der Waals surface area contributed by atoms with E-state index < -0.39 is 0 Å². The zero-order chi connectivity index (χ0) is 14.4. The molecule has 0 heterocycles. The van der Waals surface area contributed by atoms with Gasteiger partial charge in [-0.3, -0.25) is 0 Å². The summed E-state index contributed by atoms with van der Waals surface area (Å²) in [6.07, 6.45) is 0.788. The van der Waals surface area contributed by atoms with Crippen LogP contribution < -0.4 is 0 Å². The Hall–Kier alpha value is -2.36. The highest BCUT2D eigenvalue weighted by Gasteiger charge is 2.33. The molecule has 0 bridgehead atoms. The van der Waals surface area contributed by atoms with Crippen LogP contribution in [0.15, 0.2) is 30.3 Å². The van der Waals surface area contributed by atoms with Crippen molar-refractivity contribution in [3.63, 3.8) is 0 Å². The second-order valence-electron chi connectivity index (χ2n) is 5.37. The molecule has 2 aromatic rings. The maximum Gasteiger partial charge on any atom is 0.161 e. The lowest BCUT2D eigenvalue weighted by atomic mass is 9.91. The molecule has 0 saturated heterocycles. The predicted molar refractivity (Wildman–Crippen MR) is 74.4 cm³/mol. The van der Waals surface area contributed by atoms with Crippen LogP contribution in [0.1, 0.15) is 41.9 Å². The normalized spacial score (nSPS) is 20.9. The highest BCUT2D eigenvalue weighted by atomic mass is 16.3. The first-order valence-corrected chi connectivity index (χ1v) is 6.55. The van der Waals surface area contributed by atoms with Crippen molar-refractivity contribution in [3.8, 4) is 23.0 Å². The van der Waals surface area contributed by atoms with E-state index in [1.54, 1.807) is 6.07 Å². The first-order valence-electron chi connectivity index (χ1n) is 6.55. The third-order valence-electron chi connectivity index (χ3n) is 4.10. The fraction of sp³-hybridized carbons (Fsp3) is 0.250. The van der Waals surface area contributed by atoms with Gasteiger partial charge in [0.1, 0.15) is 0 Å². The van der Waals surface area contributed by atoms with Crippen molar-refractivity contribution in [2.45, 2.75) is 25.2 Å². The second kappa shape index (κ2) is 4.34. The van der Waals surface area contributed by atoms with Gasteiger partial charge < -0.3 is 20.4 Å². The summed E-state index contributed by atoms with van der Waals surface area (Å²) in [5.41, 5.74) is 2.53. The van der Waals surface area contributed by atoms with E-state index in [0.717, 1.165) is 17.5 Å². The summed E-state index contributed by atoms with van der Waals surface area (Å²) >= 11 is 0. The summed E-state index contributed by atoms with van der Waals surface area (Å²) in [5, 5.41) is 38.9. The van der Waals surface area contributed by atoms with Crippen LogP contribution in [0.25, 0.3) is 0 Å². The minimum absolute atomic E-state index is 0.0931. The summed E-state index contributed by atoms with van der Waals surface area (Å²) < 4.78 is 0. The predicted octanol–water partition coefficient (Wildman–Crippen LogP) is 3.15. The molecule has 1 aliphatic carbocycles. The van der Waals surface area contributed by atoms with Crippen LogP contribution >= 0.6 is 0 Å². The molecule has 104 valence electrons. The Morgan fingerprint density at radius 1 is 0.900 bits per heavy atom. The van der Waals surface area contributed by atoms with Crippen LogP contribution in [0.2, 0.25) is 0 Å². The molecule has 4 nitrogen and oxygen atoms in total. The van der Waals surface area contributed by atoms with Crippen molar-refractivity contribution >= 4 is 0 Å². The lowest BCUT2D eigenvalue weighted by Crippen LogP contribution is -1.96. The van der Waals surface area contributed by atoms with E-state index >= 15 is 0 Å². The van der Waals surface area contributed by atoms with E-state index in [4.69, 9.17) is 0 Å². The summed E-state index contributed by atoms with van der Waals surface area (Å²) in [5.74, 6) is -0.408. The molecule has 20 heavy (non-hydrogen) atoms. The summed E-state index contributed by atoms with van der Waals surface area (Å²) in [6.45, 7) is 2.07. The Balaban J connectivity index is 2.15. The monoisotopic (exact) mass is 272 g/mol. The molecule has 0 fully saturated rings. The molecular formula is C16H16O4. The highest BCUT2D eigenvalue weighted by Crippen LogP contribution is 2.51. The molecular weight excluding hydrogens is 256 g/mol. The first kappa shape index (κ1) is 12.7. The number of rotatable bonds is 1. The zero-order valence-corrected chi connectivity index (χ0v) is 11.0. The minimum Gasteiger partial charge on any atom is -0.504 e. The number of aromatic hydroxyl groups is 4. The van der Waals surface area contributed by atoms with E-state index in [-0.39, 0.29) is 34.8 Å². The molecule has 0 unspecified atom stereocenters. The molecule has 0 radical (unpaired) electrons. The van der Waals surface area contributed by atoms with Crippen molar-refractivity contribution in [3.05, 3.63) is 47.0 Å². The molecule has 0 aliphatic heterocycles. The topological polar surface area (TPSA) is 80.9 Å². The lowest BCUT2D eigenvalue weighted by molar-refractivity contribution is 0.397. The Morgan fingerprint density at radius 3 is 2.30 bits per heavy atom. The van der Waals surface area contributed by atoms with Crippen molar-refractivity contribution in [2.24, 2.45) is 0 Å². The van der Waals surface area contributed by atoms with Gasteiger partial charge in [0.2, 0.25) is 0 Å². The van der Waals surface area contributed by atoms with E-state index in [1.807, 2.05) is 6.07 Å². The third-order valence-corrected chi connectivity index (χ3v) is 4.10. The molecule has 0 spiro atoms. The quantitative estimate of drug-likeness (QED) is 0.601. The smallest absolute Gasteiger partial charge is 0.161 e. The van der Waals surface area contributed by atoms with Gasteiger partial charge in [0.25, 0.3) is 0 Å². The number of fused-ring (bicyclic) bond motifs is 1. The Morgan fingerprint density at radius 2 is 1.60 bits per heavy atom. The fourth-order valence-electron chi connectivity index (χ4n) is 3.07. The number of phenolic OH excluding ortho intramolecular Hbond substituents is 4. The van der Waals surface area contributed by atoms with Crippen LogP contribution in [-0.4, -0.2) is 20.4 Å². The van der Waals surface area contributed by atoms with Gasteiger partial charge in [-0.1, -0.05) is 19.1 Å². The lowest BCUT2D eigenvalue weighted by Gasteiger charge is -2.15. The maximum atomic E-state index is 10.1. The van der Waals surface area contributed by atoms with Crippen molar-refractivity contribution in [1.82, 2.24) is 0 Å². The van der Waals surface area contributed by atoms with Crippen LogP contribution in [0, 0.1) is 0 Å². The Labute approximate surface area is 116 Å². The van der Waals surface area contributed by atoms with Crippen molar-refractivity contribution in [1.29, 1.82) is 0 Å². The molecule has 3 rings (SSSR count). The molecule has 0 saturated carbocycles. The maximum absolute atomic E-state index is 10.1. The SMILES string of the molecule is C[C@@H]1C[C@@H](c2ccc(O)c(O)c2)c2c1ccc(O)c2O. The van der Waals surface area contributed by atoms with Gasteiger partial charge in [-0.2, -0.15) is 0 Å². The van der Waals surface area contributed by atoms with Gasteiger partial charge in [0, 0.05) is 11.5 Å². The molecule has 2 aromatic carbocycles. The molecule has 0 amide bonds. The van der Waals surface area contributed by atoms with Gasteiger partial charge in [-0.25, -0.2) is 0 Å². The molecule has 1 aliphatic rings. The van der Waals surface area contributed by atoms with E-state index in [9.17, 15) is 20.4 Å². The summed E-state index contributed by atoms with van der Waals surface area (Å²) in [6, 6.07) is 8.00. The van der Waals surface area contributed by atoms with Crippen LogP contribution in [-0.2, 0) is 0 Å². The van der Waals surface area contributed by atoms with Gasteiger partial charge in [-0.05, 0) is 41.7 Å². The Kier molecular flexibility index (Phi) is 2.74. The molecule has 2 atom stereocenters.